The summed E-state index contributed by atoms with van der Waals surface area (Å²) in [7, 11) is 1.18. The van der Waals surface area contributed by atoms with Crippen LogP contribution in [0.25, 0.3) is 6.08 Å². The van der Waals surface area contributed by atoms with Crippen molar-refractivity contribution in [3.8, 4) is 11.5 Å². The average molecular weight is 414 g/mol. The van der Waals surface area contributed by atoms with Gasteiger partial charge >= 0.3 is 12.6 Å². The minimum atomic E-state index is -3.19. The molecule has 0 aliphatic rings. The fraction of sp³-hybridized carbons (Fsp3) is 0.167. The average Bonchev–Trinajstić information content (AvgIpc) is 2.64. The topological polar surface area (TPSA) is 87.9 Å². The zero-order valence-corrected chi connectivity index (χ0v) is 15.2. The normalized spacial score (nSPS) is 10.9. The van der Waals surface area contributed by atoms with E-state index in [-0.39, 0.29) is 11.3 Å². The van der Waals surface area contributed by atoms with Crippen LogP contribution in [0, 0.1) is 10.1 Å². The van der Waals surface area contributed by atoms with Crippen molar-refractivity contribution in [2.24, 2.45) is 0 Å². The lowest BCUT2D eigenvalue weighted by molar-refractivity contribution is -0.386. The number of alkyl halides is 2. The first-order valence-electron chi connectivity index (χ1n) is 7.70. The molecule has 148 valence electrons. The highest BCUT2D eigenvalue weighted by Crippen LogP contribution is 2.36. The van der Waals surface area contributed by atoms with Crippen LogP contribution < -0.4 is 9.47 Å². The smallest absolute Gasteiger partial charge is 0.387 e. The molecule has 0 spiro atoms. The molecule has 28 heavy (non-hydrogen) atoms. The predicted octanol–water partition coefficient (Wildman–Crippen LogP) is 4.61. The minimum absolute atomic E-state index is 0.0482. The lowest BCUT2D eigenvalue weighted by atomic mass is 10.1. The van der Waals surface area contributed by atoms with Gasteiger partial charge in [-0.25, -0.2) is 4.79 Å². The van der Waals surface area contributed by atoms with Crippen molar-refractivity contribution in [3.63, 3.8) is 0 Å². The molecule has 2 aromatic carbocycles. The highest BCUT2D eigenvalue weighted by atomic mass is 35.5. The van der Waals surface area contributed by atoms with Crippen LogP contribution in [-0.2, 0) is 16.1 Å². The third kappa shape index (κ3) is 5.92. The fourth-order valence-electron chi connectivity index (χ4n) is 2.20. The summed E-state index contributed by atoms with van der Waals surface area (Å²) < 4.78 is 39.0. The van der Waals surface area contributed by atoms with Crippen LogP contribution >= 0.6 is 11.6 Å². The molecule has 0 bridgehead atoms. The van der Waals surface area contributed by atoms with Crippen LogP contribution in [0.3, 0.4) is 0 Å². The predicted molar refractivity (Wildman–Crippen MR) is 96.6 cm³/mol. The third-order valence-electron chi connectivity index (χ3n) is 3.41. The van der Waals surface area contributed by atoms with Crippen molar-refractivity contribution in [2.75, 3.05) is 7.11 Å². The number of hydrogen-bond donors (Lipinski definition) is 0. The number of esters is 1. The molecule has 0 amide bonds. The number of nitro benzene ring substituents is 1. The summed E-state index contributed by atoms with van der Waals surface area (Å²) in [6, 6.07) is 8.60. The molecular weight excluding hydrogens is 400 g/mol. The van der Waals surface area contributed by atoms with Gasteiger partial charge in [-0.15, -0.1) is 0 Å². The van der Waals surface area contributed by atoms with E-state index in [2.05, 4.69) is 4.74 Å². The Morgan fingerprint density at radius 1 is 1.29 bits per heavy atom. The molecule has 2 rings (SSSR count). The molecular formula is C18H14ClF2NO6. The monoisotopic (exact) mass is 413 g/mol. The lowest BCUT2D eigenvalue weighted by Crippen LogP contribution is -2.07. The van der Waals surface area contributed by atoms with Gasteiger partial charge in [0.05, 0.1) is 23.7 Å². The summed E-state index contributed by atoms with van der Waals surface area (Å²) in [6.07, 6.45) is 2.59. The quantitative estimate of drug-likeness (QED) is 0.272. The maximum Gasteiger partial charge on any atom is 0.387 e. The molecule has 2 aromatic rings. The fourth-order valence-corrected chi connectivity index (χ4v) is 2.39. The van der Waals surface area contributed by atoms with Crippen molar-refractivity contribution in [1.82, 2.24) is 0 Å². The van der Waals surface area contributed by atoms with Crippen LogP contribution in [0.5, 0.6) is 11.5 Å². The number of benzene rings is 2. The highest BCUT2D eigenvalue weighted by Gasteiger charge is 2.22. The number of ether oxygens (including phenoxy) is 3. The number of nitrogens with zero attached hydrogens (tertiary/aromatic N) is 1. The minimum Gasteiger partial charge on any atom is -0.493 e. The van der Waals surface area contributed by atoms with Gasteiger partial charge in [0, 0.05) is 11.1 Å². The Kier molecular flexibility index (Phi) is 7.28. The summed E-state index contributed by atoms with van der Waals surface area (Å²) in [5.74, 6) is -1.42. The van der Waals surface area contributed by atoms with Gasteiger partial charge in [0.15, 0.2) is 11.5 Å². The number of rotatable bonds is 8. The molecule has 7 nitrogen and oxygen atoms in total. The Bertz CT molecular complexity index is 904. The van der Waals surface area contributed by atoms with Gasteiger partial charge in [-0.3, -0.25) is 10.1 Å². The van der Waals surface area contributed by atoms with Gasteiger partial charge in [0.1, 0.15) is 6.61 Å². The molecule has 0 saturated carbocycles. The molecule has 0 fully saturated rings. The highest BCUT2D eigenvalue weighted by molar-refractivity contribution is 6.30. The molecule has 0 aliphatic heterocycles. The Labute approximate surface area is 163 Å². The van der Waals surface area contributed by atoms with Crippen molar-refractivity contribution in [2.45, 2.75) is 13.2 Å². The maximum atomic E-state index is 12.4. The lowest BCUT2D eigenvalue weighted by Gasteiger charge is -2.12. The Morgan fingerprint density at radius 2 is 2.04 bits per heavy atom. The summed E-state index contributed by atoms with van der Waals surface area (Å²) in [5.41, 5.74) is 0.0571. The van der Waals surface area contributed by atoms with Gasteiger partial charge in [-0.1, -0.05) is 23.7 Å². The molecule has 0 N–H and O–H groups in total. The molecule has 0 unspecified atom stereocenters. The van der Waals surface area contributed by atoms with E-state index in [4.69, 9.17) is 21.1 Å². The summed E-state index contributed by atoms with van der Waals surface area (Å²) in [6.45, 7) is -3.66. The summed E-state index contributed by atoms with van der Waals surface area (Å²) in [5, 5.41) is 11.7. The second-order valence-corrected chi connectivity index (χ2v) is 5.70. The second kappa shape index (κ2) is 9.65. The molecule has 10 heteroatoms. The zero-order chi connectivity index (χ0) is 20.7. The number of nitro groups is 1. The van der Waals surface area contributed by atoms with E-state index < -0.39 is 35.5 Å². The Morgan fingerprint density at radius 3 is 2.64 bits per heavy atom. The standard InChI is InChI=1S/C18H14ClF2NO6/c1-26-15-8-12(14(22(24)25)9-16(15)28-18(20)21)10-27-17(23)6-5-11-3-2-4-13(19)7-11/h2-9,18H,10H2,1H3/b6-5+. The molecule has 0 saturated heterocycles. The van der Waals surface area contributed by atoms with Crippen molar-refractivity contribution in [3.05, 3.63) is 68.7 Å². The first kappa shape index (κ1) is 21.1. The second-order valence-electron chi connectivity index (χ2n) is 5.26. The Hall–Kier alpha value is -3.20. The number of halogens is 3. The molecule has 0 aromatic heterocycles. The summed E-state index contributed by atoms with van der Waals surface area (Å²) >= 11 is 5.84. The van der Waals surface area contributed by atoms with Crippen LogP contribution in [-0.4, -0.2) is 24.6 Å². The van der Waals surface area contributed by atoms with Crippen LogP contribution in [0.2, 0.25) is 5.02 Å². The van der Waals surface area contributed by atoms with E-state index in [1.165, 1.54) is 13.2 Å². The van der Waals surface area contributed by atoms with Crippen molar-refractivity contribution < 1.29 is 32.7 Å². The molecule has 0 aliphatic carbocycles. The molecule has 0 radical (unpaired) electrons. The van der Waals surface area contributed by atoms with E-state index in [9.17, 15) is 23.7 Å². The maximum absolute atomic E-state index is 12.4. The third-order valence-corrected chi connectivity index (χ3v) is 3.64. The van der Waals surface area contributed by atoms with Crippen LogP contribution in [0.1, 0.15) is 11.1 Å². The first-order valence-corrected chi connectivity index (χ1v) is 8.08. The van der Waals surface area contributed by atoms with Crippen molar-refractivity contribution >= 4 is 29.3 Å². The number of hydrogen-bond acceptors (Lipinski definition) is 6. The van der Waals surface area contributed by atoms with Gasteiger partial charge in [0.25, 0.3) is 5.69 Å². The number of carbonyl (C=O) groups excluding carboxylic acids is 1. The Balaban J connectivity index is 2.15. The number of methoxy groups -OCH3 is 1. The first-order chi connectivity index (χ1) is 13.3. The largest absolute Gasteiger partial charge is 0.493 e. The van der Waals surface area contributed by atoms with Gasteiger partial charge in [-0.05, 0) is 29.8 Å². The van der Waals surface area contributed by atoms with Gasteiger partial charge < -0.3 is 14.2 Å². The molecule has 0 atom stereocenters. The van der Waals surface area contributed by atoms with E-state index >= 15 is 0 Å². The van der Waals surface area contributed by atoms with E-state index in [1.54, 1.807) is 24.3 Å². The van der Waals surface area contributed by atoms with E-state index in [0.29, 0.717) is 10.6 Å². The molecule has 0 heterocycles. The number of carbonyl (C=O) groups is 1. The van der Waals surface area contributed by atoms with Crippen LogP contribution in [0.15, 0.2) is 42.5 Å². The summed E-state index contributed by atoms with van der Waals surface area (Å²) in [4.78, 5) is 22.3. The van der Waals surface area contributed by atoms with Gasteiger partial charge in [0.2, 0.25) is 0 Å². The van der Waals surface area contributed by atoms with Gasteiger partial charge in [-0.2, -0.15) is 8.78 Å². The van der Waals surface area contributed by atoms with Crippen LogP contribution in [0.4, 0.5) is 14.5 Å². The van der Waals surface area contributed by atoms with Crippen molar-refractivity contribution in [1.29, 1.82) is 0 Å². The van der Waals surface area contributed by atoms with E-state index in [0.717, 1.165) is 18.2 Å². The van der Waals surface area contributed by atoms with E-state index in [1.807, 2.05) is 0 Å². The zero-order valence-electron chi connectivity index (χ0n) is 14.4. The SMILES string of the molecule is COc1cc(COC(=O)/C=C/c2cccc(Cl)c2)c([N+](=O)[O-])cc1OC(F)F.